The van der Waals surface area contributed by atoms with Crippen LogP contribution in [-0.4, -0.2) is 21.0 Å². The first-order valence-electron chi connectivity index (χ1n) is 8.57. The number of hydrogen-bond acceptors (Lipinski definition) is 8. The number of rotatable bonds is 3. The summed E-state index contributed by atoms with van der Waals surface area (Å²) in [5.74, 6) is 0.979. The standard InChI is InChI=1S/C20H13N5O3S/c21-15-14-16(13-8-10-4-1-2-6-12(10)27-13)24-17(11-5-3-7-23-9-11)25-18(14)29-19(15)28-20(22)26/h1-9H,21H2,(H2,22,26). The van der Waals surface area contributed by atoms with E-state index in [1.807, 2.05) is 36.4 Å². The largest absolute Gasteiger partial charge is 0.454 e. The summed E-state index contributed by atoms with van der Waals surface area (Å²) in [6, 6.07) is 13.2. The molecule has 5 rings (SSSR count). The van der Waals surface area contributed by atoms with Crippen LogP contribution in [0.3, 0.4) is 0 Å². The van der Waals surface area contributed by atoms with E-state index >= 15 is 0 Å². The molecule has 0 fully saturated rings. The van der Waals surface area contributed by atoms with E-state index in [4.69, 9.17) is 25.6 Å². The summed E-state index contributed by atoms with van der Waals surface area (Å²) in [6.07, 6.45) is 2.39. The number of hydrogen-bond donors (Lipinski definition) is 2. The molecule has 142 valence electrons. The molecular formula is C20H13N5O3S. The molecule has 0 spiro atoms. The van der Waals surface area contributed by atoms with Gasteiger partial charge in [-0.15, -0.1) is 0 Å². The lowest BCUT2D eigenvalue weighted by molar-refractivity contribution is 0.212. The minimum absolute atomic E-state index is 0.169. The Morgan fingerprint density at radius 2 is 2.00 bits per heavy atom. The van der Waals surface area contributed by atoms with Gasteiger partial charge in [-0.05, 0) is 24.3 Å². The smallest absolute Gasteiger partial charge is 0.410 e. The number of fused-ring (bicyclic) bond motifs is 2. The molecule has 4 aromatic heterocycles. The minimum atomic E-state index is -0.950. The fourth-order valence-electron chi connectivity index (χ4n) is 3.07. The van der Waals surface area contributed by atoms with Crippen molar-refractivity contribution in [2.45, 2.75) is 0 Å². The van der Waals surface area contributed by atoms with E-state index in [0.717, 1.165) is 27.9 Å². The first kappa shape index (κ1) is 17.1. The molecule has 5 aromatic rings. The van der Waals surface area contributed by atoms with Gasteiger partial charge in [-0.3, -0.25) is 4.98 Å². The molecule has 0 aliphatic rings. The predicted octanol–water partition coefficient (Wildman–Crippen LogP) is 4.21. The van der Waals surface area contributed by atoms with Crippen LogP contribution in [0.2, 0.25) is 0 Å². The number of nitrogen functional groups attached to an aromatic ring is 1. The maximum atomic E-state index is 11.2. The van der Waals surface area contributed by atoms with Crippen LogP contribution in [0, 0.1) is 0 Å². The monoisotopic (exact) mass is 403 g/mol. The normalized spacial score (nSPS) is 11.2. The van der Waals surface area contributed by atoms with Gasteiger partial charge in [0.05, 0.1) is 11.1 Å². The molecule has 0 bridgehead atoms. The highest BCUT2D eigenvalue weighted by atomic mass is 32.1. The van der Waals surface area contributed by atoms with Crippen LogP contribution in [0.15, 0.2) is 59.3 Å². The van der Waals surface area contributed by atoms with Gasteiger partial charge in [0.2, 0.25) is 5.06 Å². The zero-order valence-corrected chi connectivity index (χ0v) is 15.6. The maximum absolute atomic E-state index is 11.2. The van der Waals surface area contributed by atoms with Crippen LogP contribution in [0.1, 0.15) is 0 Å². The molecule has 0 saturated heterocycles. The lowest BCUT2D eigenvalue weighted by atomic mass is 10.1. The van der Waals surface area contributed by atoms with Crippen molar-refractivity contribution in [3.05, 3.63) is 54.9 Å². The molecule has 0 aliphatic heterocycles. The molecule has 4 heterocycles. The van der Waals surface area contributed by atoms with Crippen LogP contribution in [0.4, 0.5) is 10.5 Å². The highest BCUT2D eigenvalue weighted by Gasteiger charge is 2.23. The lowest BCUT2D eigenvalue weighted by Gasteiger charge is -2.05. The average molecular weight is 403 g/mol. The number of benzene rings is 1. The summed E-state index contributed by atoms with van der Waals surface area (Å²) < 4.78 is 11.1. The van der Waals surface area contributed by atoms with Gasteiger partial charge in [0.25, 0.3) is 0 Å². The summed E-state index contributed by atoms with van der Waals surface area (Å²) in [7, 11) is 0. The van der Waals surface area contributed by atoms with Crippen molar-refractivity contribution in [1.82, 2.24) is 15.0 Å². The molecule has 9 heteroatoms. The number of nitrogens with two attached hydrogens (primary N) is 2. The number of nitrogens with zero attached hydrogens (tertiary/aromatic N) is 3. The highest BCUT2D eigenvalue weighted by Crippen LogP contribution is 2.44. The Labute approximate surface area is 167 Å². The number of para-hydroxylation sites is 1. The van der Waals surface area contributed by atoms with Crippen LogP contribution in [0.25, 0.3) is 44.0 Å². The van der Waals surface area contributed by atoms with Crippen molar-refractivity contribution in [2.75, 3.05) is 5.73 Å². The Morgan fingerprint density at radius 1 is 1.14 bits per heavy atom. The number of ether oxygens (including phenoxy) is 1. The fraction of sp³-hybridized carbons (Fsp3) is 0. The van der Waals surface area contributed by atoms with Gasteiger partial charge >= 0.3 is 6.09 Å². The van der Waals surface area contributed by atoms with E-state index in [0.29, 0.717) is 27.5 Å². The second kappa shape index (κ2) is 6.57. The average Bonchev–Trinajstić information content (AvgIpc) is 3.29. The summed E-state index contributed by atoms with van der Waals surface area (Å²) >= 11 is 1.12. The summed E-state index contributed by atoms with van der Waals surface area (Å²) in [4.78, 5) is 25.2. The van der Waals surface area contributed by atoms with Crippen LogP contribution < -0.4 is 16.2 Å². The number of carbonyl (C=O) groups excluding carboxylic acids is 1. The van der Waals surface area contributed by atoms with Crippen molar-refractivity contribution in [1.29, 1.82) is 0 Å². The van der Waals surface area contributed by atoms with Gasteiger partial charge in [-0.1, -0.05) is 29.5 Å². The SMILES string of the molecule is NC(=O)Oc1sc2nc(-c3cccnc3)nc(-c3cc4ccccc4o3)c2c1N. The third-order valence-corrected chi connectivity index (χ3v) is 5.30. The predicted molar refractivity (Wildman–Crippen MR) is 110 cm³/mol. The second-order valence-electron chi connectivity index (χ2n) is 6.19. The molecule has 4 N–H and O–H groups in total. The summed E-state index contributed by atoms with van der Waals surface area (Å²) in [5.41, 5.74) is 13.6. The zero-order chi connectivity index (χ0) is 20.0. The van der Waals surface area contributed by atoms with Crippen molar-refractivity contribution in [3.8, 4) is 27.9 Å². The molecule has 1 aromatic carbocycles. The van der Waals surface area contributed by atoms with Gasteiger partial charge < -0.3 is 20.6 Å². The van der Waals surface area contributed by atoms with Crippen molar-refractivity contribution in [3.63, 3.8) is 0 Å². The number of aromatic nitrogens is 3. The molecule has 29 heavy (non-hydrogen) atoms. The zero-order valence-electron chi connectivity index (χ0n) is 14.8. The number of thiophene rings is 1. The number of amides is 1. The van der Waals surface area contributed by atoms with E-state index in [2.05, 4.69) is 9.97 Å². The maximum Gasteiger partial charge on any atom is 0.410 e. The van der Waals surface area contributed by atoms with Crippen LogP contribution in [-0.2, 0) is 0 Å². The van der Waals surface area contributed by atoms with Gasteiger partial charge in [-0.2, -0.15) is 0 Å². The fourth-order valence-corrected chi connectivity index (χ4v) is 4.02. The number of primary amides is 1. The lowest BCUT2D eigenvalue weighted by Crippen LogP contribution is -2.16. The minimum Gasteiger partial charge on any atom is -0.454 e. The van der Waals surface area contributed by atoms with E-state index in [1.165, 1.54) is 0 Å². The Kier molecular flexibility index (Phi) is 3.88. The number of carbonyl (C=O) groups is 1. The van der Waals surface area contributed by atoms with Crippen molar-refractivity contribution in [2.24, 2.45) is 5.73 Å². The van der Waals surface area contributed by atoms with Crippen LogP contribution >= 0.6 is 11.3 Å². The van der Waals surface area contributed by atoms with Crippen molar-refractivity contribution >= 4 is 44.3 Å². The molecule has 0 radical (unpaired) electrons. The topological polar surface area (TPSA) is 130 Å². The second-order valence-corrected chi connectivity index (χ2v) is 7.15. The Hall–Kier alpha value is -3.98. The Bertz CT molecular complexity index is 1340. The molecular weight excluding hydrogens is 390 g/mol. The van der Waals surface area contributed by atoms with Crippen molar-refractivity contribution < 1.29 is 13.9 Å². The van der Waals surface area contributed by atoms with E-state index < -0.39 is 6.09 Å². The quantitative estimate of drug-likeness (QED) is 0.461. The molecule has 8 nitrogen and oxygen atoms in total. The molecule has 0 atom stereocenters. The number of furan rings is 1. The first-order chi connectivity index (χ1) is 14.1. The van der Waals surface area contributed by atoms with Gasteiger partial charge in [0, 0.05) is 23.3 Å². The first-order valence-corrected chi connectivity index (χ1v) is 9.38. The van der Waals surface area contributed by atoms with Gasteiger partial charge in [0.1, 0.15) is 16.1 Å². The Morgan fingerprint density at radius 3 is 2.76 bits per heavy atom. The Balaban J connectivity index is 1.81. The highest BCUT2D eigenvalue weighted by molar-refractivity contribution is 7.21. The third-order valence-electron chi connectivity index (χ3n) is 4.33. The summed E-state index contributed by atoms with van der Waals surface area (Å²) in [6.45, 7) is 0. The summed E-state index contributed by atoms with van der Waals surface area (Å²) in [5, 5.41) is 1.64. The molecule has 0 aliphatic carbocycles. The van der Waals surface area contributed by atoms with E-state index in [9.17, 15) is 4.79 Å². The van der Waals surface area contributed by atoms with E-state index in [-0.39, 0.29) is 10.8 Å². The van der Waals surface area contributed by atoms with Crippen LogP contribution in [0.5, 0.6) is 5.06 Å². The van der Waals surface area contributed by atoms with Gasteiger partial charge in [0.15, 0.2) is 11.6 Å². The third kappa shape index (κ3) is 2.93. The number of anilines is 1. The molecule has 0 unspecified atom stereocenters. The van der Waals surface area contributed by atoms with Gasteiger partial charge in [-0.25, -0.2) is 14.8 Å². The number of pyridine rings is 1. The molecule has 0 saturated carbocycles. The molecule has 1 amide bonds. The van der Waals surface area contributed by atoms with E-state index in [1.54, 1.807) is 18.5 Å².